The van der Waals surface area contributed by atoms with Crippen LogP contribution in [-0.2, 0) is 7.05 Å². The van der Waals surface area contributed by atoms with Crippen LogP contribution in [0.3, 0.4) is 0 Å². The normalized spacial score (nSPS) is 18.2. The molecule has 2 aromatic heterocycles. The molecule has 110 valence electrons. The molecule has 1 fully saturated rings. The van der Waals surface area contributed by atoms with Crippen LogP contribution >= 0.6 is 0 Å². The van der Waals surface area contributed by atoms with Crippen molar-refractivity contribution in [1.29, 1.82) is 0 Å². The molecule has 0 aromatic carbocycles. The molecule has 1 saturated heterocycles. The second-order valence-electron chi connectivity index (χ2n) is 5.76. The Morgan fingerprint density at radius 3 is 2.86 bits per heavy atom. The van der Waals surface area contributed by atoms with E-state index in [0.29, 0.717) is 11.6 Å². The number of amides is 1. The van der Waals surface area contributed by atoms with Crippen molar-refractivity contribution < 1.29 is 4.79 Å². The van der Waals surface area contributed by atoms with Crippen molar-refractivity contribution in [1.82, 2.24) is 19.4 Å². The van der Waals surface area contributed by atoms with E-state index in [9.17, 15) is 4.79 Å². The average molecular weight is 284 g/mol. The highest BCUT2D eigenvalue weighted by molar-refractivity contribution is 5.93. The molecule has 2 aromatic rings. The predicted molar refractivity (Wildman–Crippen MR) is 80.2 cm³/mol. The third-order valence-corrected chi connectivity index (χ3v) is 4.09. The molecule has 0 N–H and O–H groups in total. The van der Waals surface area contributed by atoms with E-state index in [-0.39, 0.29) is 5.91 Å². The fourth-order valence-electron chi connectivity index (χ4n) is 3.03. The van der Waals surface area contributed by atoms with E-state index in [0.717, 1.165) is 36.6 Å². The van der Waals surface area contributed by atoms with Gasteiger partial charge >= 0.3 is 0 Å². The van der Waals surface area contributed by atoms with E-state index in [1.165, 1.54) is 0 Å². The van der Waals surface area contributed by atoms with Gasteiger partial charge in [-0.25, -0.2) is 4.98 Å². The van der Waals surface area contributed by atoms with E-state index in [4.69, 9.17) is 0 Å². The molecule has 0 bridgehead atoms. The SMILES string of the molecule is Cc1cn(C)c([C@H]2CCN(C(=O)c3ncccc3C)C2)n1. The molecule has 5 nitrogen and oxygen atoms in total. The monoisotopic (exact) mass is 284 g/mol. The van der Waals surface area contributed by atoms with Gasteiger partial charge in [-0.2, -0.15) is 0 Å². The highest BCUT2D eigenvalue weighted by Crippen LogP contribution is 2.27. The van der Waals surface area contributed by atoms with Gasteiger partial charge in [0.1, 0.15) is 11.5 Å². The van der Waals surface area contributed by atoms with Gasteiger partial charge in [-0.05, 0) is 31.9 Å². The number of aryl methyl sites for hydroxylation is 3. The molecule has 1 aliphatic heterocycles. The first-order valence-corrected chi connectivity index (χ1v) is 7.27. The van der Waals surface area contributed by atoms with Gasteiger partial charge in [-0.3, -0.25) is 9.78 Å². The molecule has 3 heterocycles. The quantitative estimate of drug-likeness (QED) is 0.848. The van der Waals surface area contributed by atoms with Crippen LogP contribution in [0, 0.1) is 13.8 Å². The van der Waals surface area contributed by atoms with Crippen LogP contribution in [0.15, 0.2) is 24.5 Å². The molecule has 5 heteroatoms. The lowest BCUT2D eigenvalue weighted by Gasteiger charge is -2.17. The van der Waals surface area contributed by atoms with Crippen LogP contribution in [0.5, 0.6) is 0 Å². The zero-order valence-electron chi connectivity index (χ0n) is 12.7. The Bertz CT molecular complexity index is 677. The third-order valence-electron chi connectivity index (χ3n) is 4.09. The van der Waals surface area contributed by atoms with Crippen LogP contribution in [0.1, 0.15) is 39.9 Å². The first-order valence-electron chi connectivity index (χ1n) is 7.27. The fraction of sp³-hybridized carbons (Fsp3) is 0.438. The van der Waals surface area contributed by atoms with E-state index in [1.54, 1.807) is 6.20 Å². The van der Waals surface area contributed by atoms with Crippen molar-refractivity contribution >= 4 is 5.91 Å². The molecule has 0 unspecified atom stereocenters. The summed E-state index contributed by atoms with van der Waals surface area (Å²) in [4.78, 5) is 23.3. The summed E-state index contributed by atoms with van der Waals surface area (Å²) >= 11 is 0. The largest absolute Gasteiger partial charge is 0.337 e. The Kier molecular flexibility index (Phi) is 3.49. The highest BCUT2D eigenvalue weighted by Gasteiger charge is 2.31. The summed E-state index contributed by atoms with van der Waals surface area (Å²) in [5, 5.41) is 0. The number of rotatable bonds is 2. The Labute approximate surface area is 124 Å². The second kappa shape index (κ2) is 5.31. The number of aromatic nitrogens is 3. The number of pyridine rings is 1. The van der Waals surface area contributed by atoms with E-state index < -0.39 is 0 Å². The summed E-state index contributed by atoms with van der Waals surface area (Å²) in [7, 11) is 2.02. The summed E-state index contributed by atoms with van der Waals surface area (Å²) < 4.78 is 2.07. The molecule has 1 amide bonds. The summed E-state index contributed by atoms with van der Waals surface area (Å²) in [6, 6.07) is 3.78. The van der Waals surface area contributed by atoms with E-state index >= 15 is 0 Å². The number of hydrogen-bond donors (Lipinski definition) is 0. The average Bonchev–Trinajstić information content (AvgIpc) is 3.05. The molecule has 1 aliphatic rings. The lowest BCUT2D eigenvalue weighted by Crippen LogP contribution is -2.30. The standard InChI is InChI=1S/C16H20N4O/c1-11-5-4-7-17-14(11)16(21)20-8-6-13(10-20)15-18-12(2)9-19(15)3/h4-5,7,9,13H,6,8,10H2,1-3H3/t13-/m0/s1. The van der Waals surface area contributed by atoms with Crippen molar-refractivity contribution in [3.8, 4) is 0 Å². The van der Waals surface area contributed by atoms with Gasteiger partial charge in [0.25, 0.3) is 5.91 Å². The Morgan fingerprint density at radius 2 is 2.19 bits per heavy atom. The first kappa shape index (κ1) is 13.8. The number of carbonyl (C=O) groups is 1. The Morgan fingerprint density at radius 1 is 1.38 bits per heavy atom. The summed E-state index contributed by atoms with van der Waals surface area (Å²) in [6.45, 7) is 5.42. The van der Waals surface area contributed by atoms with E-state index in [1.807, 2.05) is 44.1 Å². The molecule has 0 spiro atoms. The smallest absolute Gasteiger partial charge is 0.272 e. The van der Waals surface area contributed by atoms with Crippen LogP contribution in [0.25, 0.3) is 0 Å². The minimum atomic E-state index is 0.0292. The zero-order chi connectivity index (χ0) is 15.0. The van der Waals surface area contributed by atoms with Crippen LogP contribution in [0.2, 0.25) is 0 Å². The van der Waals surface area contributed by atoms with Crippen molar-refractivity contribution in [3.05, 3.63) is 47.3 Å². The van der Waals surface area contributed by atoms with Gasteiger partial charge in [0.2, 0.25) is 0 Å². The maximum absolute atomic E-state index is 12.6. The van der Waals surface area contributed by atoms with Gasteiger partial charge in [-0.1, -0.05) is 6.07 Å². The molecular formula is C16H20N4O. The predicted octanol–water partition coefficient (Wildman–Crippen LogP) is 2.06. The van der Waals surface area contributed by atoms with Gasteiger partial charge in [0.05, 0.1) is 5.69 Å². The number of likely N-dealkylation sites (tertiary alicyclic amines) is 1. The van der Waals surface area contributed by atoms with Crippen molar-refractivity contribution in [2.24, 2.45) is 7.05 Å². The number of hydrogen-bond acceptors (Lipinski definition) is 3. The zero-order valence-corrected chi connectivity index (χ0v) is 12.7. The lowest BCUT2D eigenvalue weighted by molar-refractivity contribution is 0.0784. The van der Waals surface area contributed by atoms with Crippen molar-refractivity contribution in [2.45, 2.75) is 26.2 Å². The second-order valence-corrected chi connectivity index (χ2v) is 5.76. The number of nitrogens with zero attached hydrogens (tertiary/aromatic N) is 4. The van der Waals surface area contributed by atoms with Crippen LogP contribution in [0.4, 0.5) is 0 Å². The van der Waals surface area contributed by atoms with Crippen molar-refractivity contribution in [2.75, 3.05) is 13.1 Å². The fourth-order valence-corrected chi connectivity index (χ4v) is 3.03. The first-order chi connectivity index (χ1) is 10.1. The van der Waals surface area contributed by atoms with Crippen molar-refractivity contribution in [3.63, 3.8) is 0 Å². The maximum atomic E-state index is 12.6. The Hall–Kier alpha value is -2.17. The lowest BCUT2D eigenvalue weighted by atomic mass is 10.1. The molecule has 0 aliphatic carbocycles. The van der Waals surface area contributed by atoms with Gasteiger partial charge in [0, 0.05) is 38.4 Å². The molecular weight excluding hydrogens is 264 g/mol. The Balaban J connectivity index is 1.77. The number of imidazole rings is 1. The maximum Gasteiger partial charge on any atom is 0.272 e. The summed E-state index contributed by atoms with van der Waals surface area (Å²) in [5.41, 5.74) is 2.52. The van der Waals surface area contributed by atoms with Gasteiger partial charge < -0.3 is 9.47 Å². The highest BCUT2D eigenvalue weighted by atomic mass is 16.2. The molecule has 1 atom stereocenters. The summed E-state index contributed by atoms with van der Waals surface area (Å²) in [6.07, 6.45) is 4.67. The molecule has 0 saturated carbocycles. The van der Waals surface area contributed by atoms with E-state index in [2.05, 4.69) is 14.5 Å². The van der Waals surface area contributed by atoms with Crippen LogP contribution in [-0.4, -0.2) is 38.4 Å². The van der Waals surface area contributed by atoms with Gasteiger partial charge in [-0.15, -0.1) is 0 Å². The molecule has 3 rings (SSSR count). The number of carbonyl (C=O) groups excluding carboxylic acids is 1. The molecule has 0 radical (unpaired) electrons. The van der Waals surface area contributed by atoms with Gasteiger partial charge in [0.15, 0.2) is 0 Å². The van der Waals surface area contributed by atoms with Crippen LogP contribution < -0.4 is 0 Å². The minimum Gasteiger partial charge on any atom is -0.337 e. The summed E-state index contributed by atoms with van der Waals surface area (Å²) in [5.74, 6) is 1.42. The minimum absolute atomic E-state index is 0.0292. The third kappa shape index (κ3) is 2.55. The molecule has 21 heavy (non-hydrogen) atoms. The topological polar surface area (TPSA) is 51.0 Å².